The highest BCUT2D eigenvalue weighted by molar-refractivity contribution is 8.26. The van der Waals surface area contributed by atoms with Crippen molar-refractivity contribution < 1.29 is 24.2 Å². The minimum Gasteiger partial charge on any atom is -0.493 e. The van der Waals surface area contributed by atoms with Crippen LogP contribution in [0.3, 0.4) is 0 Å². The third-order valence-corrected chi connectivity index (χ3v) is 5.58. The Morgan fingerprint density at radius 1 is 1.41 bits per heavy atom. The number of aliphatic hydroxyl groups excluding tert-OH is 1. The van der Waals surface area contributed by atoms with Crippen LogP contribution >= 0.6 is 24.0 Å². The van der Waals surface area contributed by atoms with Crippen molar-refractivity contribution in [1.29, 1.82) is 0 Å². The third kappa shape index (κ3) is 4.97. The van der Waals surface area contributed by atoms with Crippen molar-refractivity contribution in [2.24, 2.45) is 0 Å². The Labute approximate surface area is 167 Å². The summed E-state index contributed by atoms with van der Waals surface area (Å²) in [5.41, 5.74) is 1.60. The molecule has 0 spiro atoms. The molecule has 0 aliphatic carbocycles. The maximum Gasteiger partial charge on any atom is 0.340 e. The van der Waals surface area contributed by atoms with Crippen LogP contribution in [0.5, 0.6) is 11.5 Å². The number of aliphatic hydroxyl groups is 1. The number of thiocarbonyl (C=S) groups is 1. The van der Waals surface area contributed by atoms with Gasteiger partial charge >= 0.3 is 5.97 Å². The van der Waals surface area contributed by atoms with Crippen LogP contribution in [0.1, 0.15) is 25.8 Å². The average Bonchev–Trinajstić information content (AvgIpc) is 2.93. The van der Waals surface area contributed by atoms with E-state index in [9.17, 15) is 14.7 Å². The van der Waals surface area contributed by atoms with Crippen LogP contribution in [0, 0.1) is 0 Å². The van der Waals surface area contributed by atoms with Crippen molar-refractivity contribution in [1.82, 2.24) is 4.90 Å². The van der Waals surface area contributed by atoms with Crippen molar-refractivity contribution >= 4 is 46.3 Å². The van der Waals surface area contributed by atoms with Gasteiger partial charge < -0.3 is 14.6 Å². The van der Waals surface area contributed by atoms with Gasteiger partial charge in [-0.1, -0.05) is 49.1 Å². The van der Waals surface area contributed by atoms with Crippen molar-refractivity contribution in [3.05, 3.63) is 40.3 Å². The lowest BCUT2D eigenvalue weighted by Crippen LogP contribution is -2.24. The summed E-state index contributed by atoms with van der Waals surface area (Å²) in [7, 11) is 3.12. The van der Waals surface area contributed by atoms with E-state index in [0.717, 1.165) is 11.1 Å². The number of amides is 1. The first-order chi connectivity index (χ1) is 12.8. The van der Waals surface area contributed by atoms with E-state index in [0.29, 0.717) is 15.0 Å². The predicted octanol–water partition coefficient (Wildman–Crippen LogP) is 3.15. The zero-order valence-electron chi connectivity index (χ0n) is 15.5. The van der Waals surface area contributed by atoms with Gasteiger partial charge in [0.05, 0.1) is 12.0 Å². The highest BCUT2D eigenvalue weighted by Crippen LogP contribution is 2.33. The second-order valence-corrected chi connectivity index (χ2v) is 7.48. The predicted molar refractivity (Wildman–Crippen MR) is 110 cm³/mol. The number of thioether (sulfide) groups is 1. The van der Waals surface area contributed by atoms with E-state index in [1.807, 2.05) is 19.1 Å². The van der Waals surface area contributed by atoms with Gasteiger partial charge in [0.2, 0.25) is 0 Å². The fourth-order valence-electron chi connectivity index (χ4n) is 2.20. The summed E-state index contributed by atoms with van der Waals surface area (Å²) in [6, 6.07) is 5.05. The fraction of sp³-hybridized carbons (Fsp3) is 0.316. The maximum absolute atomic E-state index is 12.1. The zero-order chi connectivity index (χ0) is 20.1. The minimum atomic E-state index is -1.17. The Kier molecular flexibility index (Phi) is 7.18. The summed E-state index contributed by atoms with van der Waals surface area (Å²) in [6.45, 7) is 3.53. The Hall–Kier alpha value is -2.16. The molecule has 1 atom stereocenters. The number of ether oxygens (including phenoxy) is 2. The number of carbonyl (C=O) groups is 2. The molecule has 144 valence electrons. The number of hydrogen-bond acceptors (Lipinski definition) is 7. The largest absolute Gasteiger partial charge is 0.493 e. The molecule has 1 fully saturated rings. The smallest absolute Gasteiger partial charge is 0.340 e. The molecule has 0 saturated carbocycles. The molecule has 6 nitrogen and oxygen atoms in total. The summed E-state index contributed by atoms with van der Waals surface area (Å²) >= 11 is 6.41. The van der Waals surface area contributed by atoms with Crippen molar-refractivity contribution in [3.8, 4) is 11.5 Å². The van der Waals surface area contributed by atoms with Crippen LogP contribution in [0.2, 0.25) is 0 Å². The quantitative estimate of drug-likeness (QED) is 0.336. The Bertz CT molecular complexity index is 831. The highest BCUT2D eigenvalue weighted by Gasteiger charge is 2.29. The molecule has 1 aromatic carbocycles. The van der Waals surface area contributed by atoms with Crippen molar-refractivity contribution in [2.45, 2.75) is 26.4 Å². The van der Waals surface area contributed by atoms with E-state index >= 15 is 0 Å². The minimum absolute atomic E-state index is 0.110. The Morgan fingerprint density at radius 2 is 2.11 bits per heavy atom. The molecule has 1 N–H and O–H groups in total. The Morgan fingerprint density at radius 3 is 2.67 bits per heavy atom. The molecular formula is C19H21NO5S2. The van der Waals surface area contributed by atoms with Crippen LogP contribution in [0.25, 0.3) is 6.08 Å². The first kappa shape index (κ1) is 21.1. The molecule has 1 amide bonds. The van der Waals surface area contributed by atoms with Gasteiger partial charge in [-0.05, 0) is 36.6 Å². The van der Waals surface area contributed by atoms with Gasteiger partial charge in [-0.25, -0.2) is 4.79 Å². The summed E-state index contributed by atoms with van der Waals surface area (Å²) in [5.74, 6) is -0.236. The van der Waals surface area contributed by atoms with Crippen molar-refractivity contribution in [2.75, 3.05) is 14.2 Å². The molecule has 2 rings (SSSR count). The molecule has 8 heteroatoms. The van der Waals surface area contributed by atoms with E-state index in [-0.39, 0.29) is 18.1 Å². The van der Waals surface area contributed by atoms with E-state index in [1.165, 1.54) is 23.8 Å². The highest BCUT2D eigenvalue weighted by atomic mass is 32.2. The molecular weight excluding hydrogens is 386 g/mol. The van der Waals surface area contributed by atoms with Gasteiger partial charge in [-0.2, -0.15) is 0 Å². The normalized spacial score (nSPS) is 17.4. The van der Waals surface area contributed by atoms with E-state index in [4.69, 9.17) is 21.7 Å². The molecule has 27 heavy (non-hydrogen) atoms. The number of likely N-dealkylation sites (N-methyl/N-ethyl adjacent to an activating group) is 1. The third-order valence-electron chi connectivity index (χ3n) is 3.90. The first-order valence-electron chi connectivity index (χ1n) is 8.25. The lowest BCUT2D eigenvalue weighted by Gasteiger charge is -2.12. The Balaban J connectivity index is 2.20. The summed E-state index contributed by atoms with van der Waals surface area (Å²) in [4.78, 5) is 25.9. The summed E-state index contributed by atoms with van der Waals surface area (Å²) in [6.07, 6.45) is 2.75. The molecule has 1 unspecified atom stereocenters. The van der Waals surface area contributed by atoms with E-state index in [1.54, 1.807) is 32.2 Å². The second kappa shape index (κ2) is 9.16. The lowest BCUT2D eigenvalue weighted by molar-refractivity contribution is -0.143. The van der Waals surface area contributed by atoms with Gasteiger partial charge in [0.25, 0.3) is 5.91 Å². The van der Waals surface area contributed by atoms with Gasteiger partial charge in [-0.3, -0.25) is 9.69 Å². The summed E-state index contributed by atoms with van der Waals surface area (Å²) < 4.78 is 11.0. The number of esters is 1. The number of carbonyl (C=O) groups excluding carboxylic acids is 2. The standard InChI is InChI=1S/C19H21NO5S2/c1-5-13(21)18(23)25-14-9-8-12(10-15(14)24-4)7-6-11(2)16-17(22)20(3)19(26)27-16/h6-10,13,21H,5H2,1-4H3. The summed E-state index contributed by atoms with van der Waals surface area (Å²) in [5, 5.41) is 9.54. The molecule has 1 saturated heterocycles. The number of allylic oxidation sites excluding steroid dienone is 2. The molecule has 0 aromatic heterocycles. The number of nitrogens with zero attached hydrogens (tertiary/aromatic N) is 1. The van der Waals surface area contributed by atoms with E-state index < -0.39 is 12.1 Å². The van der Waals surface area contributed by atoms with Crippen LogP contribution in [-0.4, -0.2) is 46.5 Å². The van der Waals surface area contributed by atoms with Crippen LogP contribution in [0.15, 0.2) is 34.8 Å². The fourth-order valence-corrected chi connectivity index (χ4v) is 3.38. The van der Waals surface area contributed by atoms with Crippen LogP contribution in [0.4, 0.5) is 0 Å². The van der Waals surface area contributed by atoms with Crippen LogP contribution in [-0.2, 0) is 9.59 Å². The van der Waals surface area contributed by atoms with Gasteiger partial charge in [-0.15, -0.1) is 0 Å². The SMILES string of the molecule is CCC(O)C(=O)Oc1ccc(C=CC(C)=C2SC(=S)N(C)C2=O)cc1OC. The number of benzene rings is 1. The molecule has 0 radical (unpaired) electrons. The van der Waals surface area contributed by atoms with Gasteiger partial charge in [0.15, 0.2) is 17.6 Å². The average molecular weight is 408 g/mol. The molecule has 1 aliphatic rings. The van der Waals surface area contributed by atoms with Gasteiger partial charge in [0, 0.05) is 7.05 Å². The topological polar surface area (TPSA) is 76.1 Å². The second-order valence-electron chi connectivity index (χ2n) is 5.83. The first-order valence-corrected chi connectivity index (χ1v) is 9.47. The molecule has 1 heterocycles. The van der Waals surface area contributed by atoms with Crippen LogP contribution < -0.4 is 9.47 Å². The van der Waals surface area contributed by atoms with E-state index in [2.05, 4.69) is 0 Å². The lowest BCUT2D eigenvalue weighted by atomic mass is 10.1. The monoisotopic (exact) mass is 407 g/mol. The number of methoxy groups -OCH3 is 1. The van der Waals surface area contributed by atoms with Crippen molar-refractivity contribution in [3.63, 3.8) is 0 Å². The number of rotatable bonds is 6. The van der Waals surface area contributed by atoms with Gasteiger partial charge in [0.1, 0.15) is 4.32 Å². The number of hydrogen-bond donors (Lipinski definition) is 1. The maximum atomic E-state index is 12.1. The molecule has 1 aliphatic heterocycles. The zero-order valence-corrected chi connectivity index (χ0v) is 17.1. The molecule has 0 bridgehead atoms. The molecule has 1 aromatic rings.